The Bertz CT molecular complexity index is 696. The molecule has 0 aromatic heterocycles. The lowest BCUT2D eigenvalue weighted by Gasteiger charge is -2.11. The molecule has 5 heteroatoms. The van der Waals surface area contributed by atoms with E-state index in [1.807, 2.05) is 31.2 Å². The van der Waals surface area contributed by atoms with E-state index in [1.165, 1.54) is 0 Å². The number of rotatable bonds is 7. The van der Waals surface area contributed by atoms with Crippen molar-refractivity contribution in [1.29, 1.82) is 0 Å². The van der Waals surface area contributed by atoms with Crippen molar-refractivity contribution in [3.8, 4) is 0 Å². The third-order valence-corrected chi connectivity index (χ3v) is 3.52. The number of benzene rings is 2. The van der Waals surface area contributed by atoms with E-state index in [1.54, 1.807) is 31.2 Å². The summed E-state index contributed by atoms with van der Waals surface area (Å²) in [7, 11) is 0. The molecule has 24 heavy (non-hydrogen) atoms. The number of aryl methyl sites for hydroxylation is 1. The molecule has 0 atom stereocenters. The van der Waals surface area contributed by atoms with Crippen LogP contribution in [-0.4, -0.2) is 25.0 Å². The molecule has 0 spiro atoms. The van der Waals surface area contributed by atoms with E-state index >= 15 is 0 Å². The Kier molecular flexibility index (Phi) is 6.37. The van der Waals surface area contributed by atoms with Crippen LogP contribution in [0.15, 0.2) is 48.5 Å². The monoisotopic (exact) mass is 326 g/mol. The maximum Gasteiger partial charge on any atom is 0.338 e. The van der Waals surface area contributed by atoms with Gasteiger partial charge in [0.1, 0.15) is 0 Å². The molecule has 0 saturated heterocycles. The Hall–Kier alpha value is -2.82. The minimum Gasteiger partial charge on any atom is -0.462 e. The molecule has 0 unspecified atom stereocenters. The molecule has 0 saturated carbocycles. The Morgan fingerprint density at radius 2 is 1.71 bits per heavy atom. The second-order valence-corrected chi connectivity index (χ2v) is 5.21. The van der Waals surface area contributed by atoms with E-state index in [0.29, 0.717) is 12.2 Å². The minimum atomic E-state index is -0.349. The van der Waals surface area contributed by atoms with Crippen molar-refractivity contribution in [2.24, 2.45) is 0 Å². The van der Waals surface area contributed by atoms with Crippen LogP contribution in [0.3, 0.4) is 0 Å². The lowest BCUT2D eigenvalue weighted by atomic mass is 10.1. The Morgan fingerprint density at radius 1 is 1.00 bits per heavy atom. The number of hydrogen-bond donors (Lipinski definition) is 2. The average molecular weight is 326 g/mol. The first kappa shape index (κ1) is 17.5. The zero-order valence-corrected chi connectivity index (χ0v) is 14.0. The summed E-state index contributed by atoms with van der Waals surface area (Å²) < 4.78 is 4.93. The van der Waals surface area contributed by atoms with E-state index in [4.69, 9.17) is 4.74 Å². The van der Waals surface area contributed by atoms with E-state index in [-0.39, 0.29) is 18.4 Å². The van der Waals surface area contributed by atoms with Crippen molar-refractivity contribution in [3.05, 3.63) is 59.7 Å². The van der Waals surface area contributed by atoms with Gasteiger partial charge in [-0.2, -0.15) is 0 Å². The second kappa shape index (κ2) is 8.72. The number of carbonyl (C=O) groups is 2. The fraction of sp³-hybridized carbons (Fsp3) is 0.263. The van der Waals surface area contributed by atoms with Crippen molar-refractivity contribution < 1.29 is 14.3 Å². The fourth-order valence-corrected chi connectivity index (χ4v) is 2.27. The Morgan fingerprint density at radius 3 is 2.38 bits per heavy atom. The van der Waals surface area contributed by atoms with E-state index in [9.17, 15) is 9.59 Å². The van der Waals surface area contributed by atoms with Crippen LogP contribution in [0, 0.1) is 0 Å². The van der Waals surface area contributed by atoms with E-state index in [2.05, 4.69) is 10.6 Å². The first-order valence-electron chi connectivity index (χ1n) is 8.02. The van der Waals surface area contributed by atoms with Gasteiger partial charge in [0.15, 0.2) is 0 Å². The zero-order chi connectivity index (χ0) is 17.4. The van der Waals surface area contributed by atoms with Gasteiger partial charge < -0.3 is 15.4 Å². The molecular weight excluding hydrogens is 304 g/mol. The quantitative estimate of drug-likeness (QED) is 0.765. The predicted octanol–water partition coefficient (Wildman–Crippen LogP) is 3.48. The highest BCUT2D eigenvalue weighted by Gasteiger charge is 2.07. The highest BCUT2D eigenvalue weighted by Crippen LogP contribution is 2.15. The van der Waals surface area contributed by atoms with Gasteiger partial charge in [-0.3, -0.25) is 4.79 Å². The Balaban J connectivity index is 1.88. The standard InChI is InChI=1S/C19H22N2O3/c1-3-14-7-5-6-8-17(14)21-18(22)13-20-16-11-9-15(10-12-16)19(23)24-4-2/h5-12,20H,3-4,13H2,1-2H3,(H,21,22). The van der Waals surface area contributed by atoms with Crippen LogP contribution in [0.1, 0.15) is 29.8 Å². The van der Waals surface area contributed by atoms with Crippen LogP contribution in [0.25, 0.3) is 0 Å². The van der Waals surface area contributed by atoms with E-state index < -0.39 is 0 Å². The SMILES string of the molecule is CCOC(=O)c1ccc(NCC(=O)Nc2ccccc2CC)cc1. The van der Waals surface area contributed by atoms with Gasteiger partial charge in [0.25, 0.3) is 0 Å². The molecule has 0 heterocycles. The van der Waals surface area contributed by atoms with Crippen molar-refractivity contribution in [1.82, 2.24) is 0 Å². The summed E-state index contributed by atoms with van der Waals surface area (Å²) in [5.74, 6) is -0.469. The van der Waals surface area contributed by atoms with Crippen molar-refractivity contribution in [2.75, 3.05) is 23.8 Å². The summed E-state index contributed by atoms with van der Waals surface area (Å²) in [5, 5.41) is 5.94. The number of nitrogens with one attached hydrogen (secondary N) is 2. The lowest BCUT2D eigenvalue weighted by molar-refractivity contribution is -0.114. The summed E-state index contributed by atoms with van der Waals surface area (Å²) in [5.41, 5.74) is 3.19. The smallest absolute Gasteiger partial charge is 0.338 e. The van der Waals surface area contributed by atoms with Gasteiger partial charge in [0.2, 0.25) is 5.91 Å². The van der Waals surface area contributed by atoms with Crippen LogP contribution in [-0.2, 0) is 16.0 Å². The number of esters is 1. The largest absolute Gasteiger partial charge is 0.462 e. The van der Waals surface area contributed by atoms with Gasteiger partial charge in [-0.15, -0.1) is 0 Å². The number of para-hydroxylation sites is 1. The molecule has 2 aromatic rings. The van der Waals surface area contributed by atoms with Gasteiger partial charge in [0, 0.05) is 11.4 Å². The van der Waals surface area contributed by atoms with Gasteiger partial charge in [-0.1, -0.05) is 25.1 Å². The molecule has 2 aromatic carbocycles. The molecule has 0 aliphatic rings. The van der Waals surface area contributed by atoms with Gasteiger partial charge in [0.05, 0.1) is 18.7 Å². The summed E-state index contributed by atoms with van der Waals surface area (Å²) in [6.45, 7) is 4.31. The Labute approximate surface area is 142 Å². The highest BCUT2D eigenvalue weighted by atomic mass is 16.5. The number of ether oxygens (including phenoxy) is 1. The number of anilines is 2. The van der Waals surface area contributed by atoms with E-state index in [0.717, 1.165) is 23.4 Å². The van der Waals surface area contributed by atoms with Crippen LogP contribution in [0.2, 0.25) is 0 Å². The summed E-state index contributed by atoms with van der Waals surface area (Å²) >= 11 is 0. The molecule has 2 rings (SSSR count). The molecule has 126 valence electrons. The molecule has 0 radical (unpaired) electrons. The first-order valence-corrected chi connectivity index (χ1v) is 8.02. The molecule has 0 fully saturated rings. The first-order chi connectivity index (χ1) is 11.6. The van der Waals surface area contributed by atoms with Crippen molar-refractivity contribution in [2.45, 2.75) is 20.3 Å². The predicted molar refractivity (Wildman–Crippen MR) is 95.3 cm³/mol. The summed E-state index contributed by atoms with van der Waals surface area (Å²) in [4.78, 5) is 23.6. The van der Waals surface area contributed by atoms with Crippen LogP contribution >= 0.6 is 0 Å². The average Bonchev–Trinajstić information content (AvgIpc) is 2.61. The number of carbonyl (C=O) groups excluding carboxylic acids is 2. The molecule has 0 bridgehead atoms. The zero-order valence-electron chi connectivity index (χ0n) is 14.0. The lowest BCUT2D eigenvalue weighted by Crippen LogP contribution is -2.22. The maximum absolute atomic E-state index is 12.1. The fourth-order valence-electron chi connectivity index (χ4n) is 2.27. The highest BCUT2D eigenvalue weighted by molar-refractivity contribution is 5.94. The van der Waals surface area contributed by atoms with Crippen LogP contribution < -0.4 is 10.6 Å². The molecule has 1 amide bonds. The maximum atomic E-state index is 12.1. The molecule has 2 N–H and O–H groups in total. The van der Waals surface area contributed by atoms with Crippen LogP contribution in [0.4, 0.5) is 11.4 Å². The normalized spacial score (nSPS) is 10.1. The van der Waals surface area contributed by atoms with Crippen molar-refractivity contribution in [3.63, 3.8) is 0 Å². The number of hydrogen-bond acceptors (Lipinski definition) is 4. The summed E-state index contributed by atoms with van der Waals surface area (Å²) in [6, 6.07) is 14.6. The third kappa shape index (κ3) is 4.84. The topological polar surface area (TPSA) is 67.4 Å². The minimum absolute atomic E-state index is 0.120. The summed E-state index contributed by atoms with van der Waals surface area (Å²) in [6.07, 6.45) is 0.860. The second-order valence-electron chi connectivity index (χ2n) is 5.21. The third-order valence-electron chi connectivity index (χ3n) is 3.52. The van der Waals surface area contributed by atoms with Gasteiger partial charge in [-0.25, -0.2) is 4.79 Å². The van der Waals surface area contributed by atoms with Gasteiger partial charge in [-0.05, 0) is 49.2 Å². The van der Waals surface area contributed by atoms with Gasteiger partial charge >= 0.3 is 5.97 Å². The molecular formula is C19H22N2O3. The van der Waals surface area contributed by atoms with Crippen molar-refractivity contribution >= 4 is 23.3 Å². The molecule has 0 aliphatic heterocycles. The number of amides is 1. The molecule has 5 nitrogen and oxygen atoms in total. The van der Waals surface area contributed by atoms with Crippen LogP contribution in [0.5, 0.6) is 0 Å². The molecule has 0 aliphatic carbocycles.